The number of rotatable bonds is 2. The molecule has 3 N–H and O–H groups in total. The first-order valence-corrected chi connectivity index (χ1v) is 2.63. The highest BCUT2D eigenvalue weighted by atomic mass is 16.5. The number of ether oxygens (including phenoxy) is 1. The molecule has 54 valence electrons. The Bertz CT molecular complexity index is 243. The number of aromatic nitrogens is 2. The standard InChI is InChI=1S/C5H7N3O2/c1-10-4-2-3(5(6)9)7-8-4/h2H,1H3,(H2,6,9)(H,7,8). The lowest BCUT2D eigenvalue weighted by molar-refractivity contribution is 0.0995. The van der Waals surface area contributed by atoms with Gasteiger partial charge in [0.2, 0.25) is 5.88 Å². The highest BCUT2D eigenvalue weighted by molar-refractivity contribution is 5.90. The van der Waals surface area contributed by atoms with Crippen molar-refractivity contribution >= 4 is 5.91 Å². The molecule has 0 aliphatic carbocycles. The Labute approximate surface area is 57.2 Å². The van der Waals surface area contributed by atoms with E-state index in [1.165, 1.54) is 13.2 Å². The first-order valence-electron chi connectivity index (χ1n) is 2.63. The molecule has 5 nitrogen and oxygen atoms in total. The number of H-pyrrole nitrogens is 1. The molecular weight excluding hydrogens is 134 g/mol. The minimum Gasteiger partial charge on any atom is -0.480 e. The summed E-state index contributed by atoms with van der Waals surface area (Å²) in [6.07, 6.45) is 0. The fourth-order valence-electron chi connectivity index (χ4n) is 0.534. The number of methoxy groups -OCH3 is 1. The Balaban J connectivity index is 2.88. The van der Waals surface area contributed by atoms with Gasteiger partial charge in [-0.1, -0.05) is 0 Å². The van der Waals surface area contributed by atoms with E-state index < -0.39 is 5.91 Å². The summed E-state index contributed by atoms with van der Waals surface area (Å²) in [4.78, 5) is 10.4. The third kappa shape index (κ3) is 1.07. The van der Waals surface area contributed by atoms with E-state index >= 15 is 0 Å². The molecule has 0 unspecified atom stereocenters. The van der Waals surface area contributed by atoms with E-state index in [0.717, 1.165) is 0 Å². The number of aromatic amines is 1. The molecule has 1 amide bonds. The second-order valence-electron chi connectivity index (χ2n) is 1.69. The molecule has 0 saturated carbocycles. The summed E-state index contributed by atoms with van der Waals surface area (Å²) in [6.45, 7) is 0. The van der Waals surface area contributed by atoms with Crippen LogP contribution in [0.25, 0.3) is 0 Å². The van der Waals surface area contributed by atoms with Gasteiger partial charge >= 0.3 is 0 Å². The highest BCUT2D eigenvalue weighted by Crippen LogP contribution is 2.05. The van der Waals surface area contributed by atoms with Crippen LogP contribution < -0.4 is 10.5 Å². The van der Waals surface area contributed by atoms with Gasteiger partial charge in [0.25, 0.3) is 5.91 Å². The van der Waals surface area contributed by atoms with Crippen molar-refractivity contribution in [3.63, 3.8) is 0 Å². The van der Waals surface area contributed by atoms with Crippen molar-refractivity contribution in [3.8, 4) is 5.88 Å². The van der Waals surface area contributed by atoms with Crippen molar-refractivity contribution in [1.29, 1.82) is 0 Å². The summed E-state index contributed by atoms with van der Waals surface area (Å²) in [6, 6.07) is 1.43. The van der Waals surface area contributed by atoms with E-state index in [1.54, 1.807) is 0 Å². The maximum atomic E-state index is 10.4. The lowest BCUT2D eigenvalue weighted by atomic mass is 10.4. The molecule has 0 aliphatic heterocycles. The number of carbonyl (C=O) groups excluding carboxylic acids is 1. The minimum atomic E-state index is -0.546. The Hall–Kier alpha value is -1.52. The molecular formula is C5H7N3O2. The lowest BCUT2D eigenvalue weighted by Crippen LogP contribution is -2.10. The average Bonchev–Trinajstić information content (AvgIpc) is 2.34. The lowest BCUT2D eigenvalue weighted by Gasteiger charge is -1.85. The number of nitrogens with zero attached hydrogens (tertiary/aromatic N) is 1. The summed E-state index contributed by atoms with van der Waals surface area (Å²) < 4.78 is 4.69. The molecule has 1 aromatic rings. The van der Waals surface area contributed by atoms with E-state index in [-0.39, 0.29) is 5.69 Å². The number of hydrogen-bond acceptors (Lipinski definition) is 3. The van der Waals surface area contributed by atoms with Gasteiger partial charge < -0.3 is 10.5 Å². The fraction of sp³-hybridized carbons (Fsp3) is 0.200. The van der Waals surface area contributed by atoms with Crippen LogP contribution in [-0.2, 0) is 0 Å². The van der Waals surface area contributed by atoms with E-state index in [0.29, 0.717) is 5.88 Å². The molecule has 0 saturated heterocycles. The molecule has 1 heterocycles. The zero-order chi connectivity index (χ0) is 7.56. The zero-order valence-corrected chi connectivity index (χ0v) is 5.42. The van der Waals surface area contributed by atoms with Gasteiger partial charge in [-0.25, -0.2) is 0 Å². The molecule has 0 radical (unpaired) electrons. The summed E-state index contributed by atoms with van der Waals surface area (Å²) in [5.74, 6) is -0.190. The van der Waals surface area contributed by atoms with Gasteiger partial charge in [0.1, 0.15) is 5.69 Å². The Kier molecular flexibility index (Phi) is 1.57. The number of hydrogen-bond donors (Lipinski definition) is 2. The molecule has 10 heavy (non-hydrogen) atoms. The SMILES string of the molecule is COc1cc(C(N)=O)[nH]n1. The van der Waals surface area contributed by atoms with Crippen LogP contribution in [0, 0.1) is 0 Å². The van der Waals surface area contributed by atoms with E-state index in [9.17, 15) is 4.79 Å². The summed E-state index contributed by atoms with van der Waals surface area (Å²) in [5, 5.41) is 6.01. The van der Waals surface area contributed by atoms with Crippen molar-refractivity contribution < 1.29 is 9.53 Å². The van der Waals surface area contributed by atoms with Crippen LogP contribution in [-0.4, -0.2) is 23.2 Å². The molecule has 0 fully saturated rings. The molecule has 0 aromatic carbocycles. The highest BCUT2D eigenvalue weighted by Gasteiger charge is 2.03. The Morgan fingerprint density at radius 3 is 2.90 bits per heavy atom. The summed E-state index contributed by atoms with van der Waals surface area (Å²) in [5.41, 5.74) is 5.16. The number of nitrogens with two attached hydrogens (primary N) is 1. The number of carbonyl (C=O) groups is 1. The van der Waals surface area contributed by atoms with Gasteiger partial charge in [-0.05, 0) is 0 Å². The van der Waals surface area contributed by atoms with E-state index in [2.05, 4.69) is 10.2 Å². The van der Waals surface area contributed by atoms with Crippen molar-refractivity contribution in [2.45, 2.75) is 0 Å². The predicted octanol–water partition coefficient (Wildman–Crippen LogP) is -0.483. The van der Waals surface area contributed by atoms with Crippen LogP contribution in [0.1, 0.15) is 10.5 Å². The largest absolute Gasteiger partial charge is 0.480 e. The van der Waals surface area contributed by atoms with Gasteiger partial charge in [-0.2, -0.15) is 0 Å². The fourth-order valence-corrected chi connectivity index (χ4v) is 0.534. The number of nitrogens with one attached hydrogen (secondary N) is 1. The predicted molar refractivity (Wildman–Crippen MR) is 33.7 cm³/mol. The zero-order valence-electron chi connectivity index (χ0n) is 5.42. The first-order chi connectivity index (χ1) is 4.74. The van der Waals surface area contributed by atoms with Crippen LogP contribution in [0.3, 0.4) is 0 Å². The third-order valence-electron chi connectivity index (χ3n) is 1.03. The van der Waals surface area contributed by atoms with E-state index in [4.69, 9.17) is 10.5 Å². The van der Waals surface area contributed by atoms with Crippen molar-refractivity contribution in [2.24, 2.45) is 5.73 Å². The van der Waals surface area contributed by atoms with Crippen LogP contribution in [0.5, 0.6) is 5.88 Å². The van der Waals surface area contributed by atoms with Crippen molar-refractivity contribution in [1.82, 2.24) is 10.2 Å². The second kappa shape index (κ2) is 2.38. The third-order valence-corrected chi connectivity index (χ3v) is 1.03. The topological polar surface area (TPSA) is 81.0 Å². The molecule has 0 bridgehead atoms. The molecule has 0 atom stereocenters. The number of primary amides is 1. The van der Waals surface area contributed by atoms with Gasteiger partial charge in [-0.3, -0.25) is 9.89 Å². The van der Waals surface area contributed by atoms with E-state index in [1.807, 2.05) is 0 Å². The molecule has 5 heteroatoms. The summed E-state index contributed by atoms with van der Waals surface area (Å²) in [7, 11) is 1.46. The molecule has 1 aromatic heterocycles. The van der Waals surface area contributed by atoms with Gasteiger partial charge in [0.15, 0.2) is 0 Å². The van der Waals surface area contributed by atoms with Gasteiger partial charge in [-0.15, -0.1) is 5.10 Å². The maximum absolute atomic E-state index is 10.4. The normalized spacial score (nSPS) is 9.30. The first kappa shape index (κ1) is 6.60. The maximum Gasteiger partial charge on any atom is 0.266 e. The van der Waals surface area contributed by atoms with Crippen LogP contribution >= 0.6 is 0 Å². The molecule has 0 aliphatic rings. The van der Waals surface area contributed by atoms with Crippen molar-refractivity contribution in [3.05, 3.63) is 11.8 Å². The van der Waals surface area contributed by atoms with Crippen LogP contribution in [0.2, 0.25) is 0 Å². The Morgan fingerprint density at radius 1 is 1.90 bits per heavy atom. The van der Waals surface area contributed by atoms with Crippen molar-refractivity contribution in [2.75, 3.05) is 7.11 Å². The molecule has 1 rings (SSSR count). The average molecular weight is 141 g/mol. The second-order valence-corrected chi connectivity index (χ2v) is 1.69. The number of amides is 1. The Morgan fingerprint density at radius 2 is 2.60 bits per heavy atom. The molecule has 0 spiro atoms. The monoisotopic (exact) mass is 141 g/mol. The smallest absolute Gasteiger partial charge is 0.266 e. The summed E-state index contributed by atoms with van der Waals surface area (Å²) >= 11 is 0. The minimum absolute atomic E-state index is 0.247. The van der Waals surface area contributed by atoms with Crippen LogP contribution in [0.4, 0.5) is 0 Å². The van der Waals surface area contributed by atoms with Gasteiger partial charge in [0, 0.05) is 6.07 Å². The quantitative estimate of drug-likeness (QED) is 0.583. The van der Waals surface area contributed by atoms with Crippen LogP contribution in [0.15, 0.2) is 6.07 Å². The van der Waals surface area contributed by atoms with Gasteiger partial charge in [0.05, 0.1) is 7.11 Å².